The average molecular weight is 309 g/mol. The number of halogens is 1. The molecule has 20 heavy (non-hydrogen) atoms. The van der Waals surface area contributed by atoms with Gasteiger partial charge in [0.2, 0.25) is 0 Å². The predicted molar refractivity (Wildman–Crippen MR) is 87.0 cm³/mol. The molecule has 0 N–H and O–H groups in total. The zero-order chi connectivity index (χ0) is 14.9. The zero-order valence-corrected chi connectivity index (χ0v) is 13.5. The van der Waals surface area contributed by atoms with E-state index in [1.165, 1.54) is 0 Å². The number of pyridine rings is 1. The molecular weight excluding hydrogens is 292 g/mol. The van der Waals surface area contributed by atoms with Crippen molar-refractivity contribution in [3.8, 4) is 0 Å². The number of aryl methyl sites for hydroxylation is 1. The highest BCUT2D eigenvalue weighted by Gasteiger charge is 2.25. The Labute approximate surface area is 127 Å². The van der Waals surface area contributed by atoms with Crippen LogP contribution in [-0.2, 0) is 11.4 Å². The summed E-state index contributed by atoms with van der Waals surface area (Å²) < 4.78 is 15.6. The lowest BCUT2D eigenvalue weighted by Crippen LogP contribution is -2.25. The quantitative estimate of drug-likeness (QED) is 0.477. The van der Waals surface area contributed by atoms with Crippen LogP contribution in [0.2, 0.25) is 5.15 Å². The number of para-hydroxylation sites is 1. The van der Waals surface area contributed by atoms with Crippen molar-refractivity contribution in [3.63, 3.8) is 0 Å². The van der Waals surface area contributed by atoms with Crippen LogP contribution >= 0.6 is 11.6 Å². The molecule has 2 aromatic rings. The largest absolute Gasteiger partial charge is 0.591 e. The van der Waals surface area contributed by atoms with Crippen molar-refractivity contribution in [2.45, 2.75) is 32.4 Å². The van der Waals surface area contributed by atoms with Gasteiger partial charge in [-0.05, 0) is 39.3 Å². The Morgan fingerprint density at radius 2 is 2.05 bits per heavy atom. The van der Waals surface area contributed by atoms with Gasteiger partial charge in [0, 0.05) is 10.9 Å². The van der Waals surface area contributed by atoms with Gasteiger partial charge in [0.15, 0.2) is 0 Å². The summed E-state index contributed by atoms with van der Waals surface area (Å²) in [6, 6.07) is 7.86. The maximum atomic E-state index is 11.9. The molecule has 0 spiro atoms. The van der Waals surface area contributed by atoms with Gasteiger partial charge in [-0.1, -0.05) is 34.2 Å². The predicted octanol–water partition coefficient (Wildman–Crippen LogP) is 4.08. The number of hydrogen-bond acceptors (Lipinski definition) is 3. The molecule has 0 fully saturated rings. The molecule has 1 atom stereocenters. The van der Waals surface area contributed by atoms with E-state index < -0.39 is 11.4 Å². The van der Waals surface area contributed by atoms with E-state index in [9.17, 15) is 4.55 Å². The number of rotatable bonds is 2. The molecule has 0 aliphatic heterocycles. The van der Waals surface area contributed by atoms with E-state index >= 15 is 0 Å². The summed E-state index contributed by atoms with van der Waals surface area (Å²) in [6.07, 6.45) is 1.54. The number of benzene rings is 1. The SMILES string of the molecule is Cc1cccc2cc(/C=N/[S@+]([O-])C(C)(C)C)c(Cl)nc12. The van der Waals surface area contributed by atoms with Crippen LogP contribution in [0.4, 0.5) is 0 Å². The average Bonchev–Trinajstić information content (AvgIpc) is 2.36. The maximum Gasteiger partial charge on any atom is 0.144 e. The molecule has 0 radical (unpaired) electrons. The number of aromatic nitrogens is 1. The molecule has 2 rings (SSSR count). The van der Waals surface area contributed by atoms with Crippen molar-refractivity contribution in [2.75, 3.05) is 0 Å². The molecule has 3 nitrogen and oxygen atoms in total. The van der Waals surface area contributed by atoms with E-state index in [4.69, 9.17) is 11.6 Å². The van der Waals surface area contributed by atoms with Gasteiger partial charge in [-0.15, -0.1) is 0 Å². The highest BCUT2D eigenvalue weighted by molar-refractivity contribution is 7.91. The first kappa shape index (κ1) is 15.3. The van der Waals surface area contributed by atoms with E-state index in [1.54, 1.807) is 6.21 Å². The van der Waals surface area contributed by atoms with Crippen molar-refractivity contribution in [2.24, 2.45) is 4.40 Å². The Morgan fingerprint density at radius 3 is 2.70 bits per heavy atom. The summed E-state index contributed by atoms with van der Waals surface area (Å²) in [7, 11) is 0. The molecule has 0 unspecified atom stereocenters. The van der Waals surface area contributed by atoms with Crippen LogP contribution in [0.1, 0.15) is 31.9 Å². The summed E-state index contributed by atoms with van der Waals surface area (Å²) >= 11 is 4.87. The summed E-state index contributed by atoms with van der Waals surface area (Å²) in [5.41, 5.74) is 2.64. The van der Waals surface area contributed by atoms with Gasteiger partial charge >= 0.3 is 0 Å². The molecule has 0 amide bonds. The summed E-state index contributed by atoms with van der Waals surface area (Å²) in [5, 5.41) is 1.37. The zero-order valence-electron chi connectivity index (χ0n) is 12.0. The fourth-order valence-corrected chi connectivity index (χ4v) is 2.41. The molecule has 106 valence electrons. The first-order valence-electron chi connectivity index (χ1n) is 6.31. The van der Waals surface area contributed by atoms with Crippen LogP contribution in [0.3, 0.4) is 0 Å². The maximum absolute atomic E-state index is 11.9. The van der Waals surface area contributed by atoms with E-state index in [1.807, 2.05) is 52.0 Å². The molecule has 1 aromatic heterocycles. The van der Waals surface area contributed by atoms with Gasteiger partial charge in [-0.25, -0.2) is 4.98 Å². The van der Waals surface area contributed by atoms with Crippen LogP contribution in [0, 0.1) is 6.92 Å². The minimum Gasteiger partial charge on any atom is -0.591 e. The van der Waals surface area contributed by atoms with Gasteiger partial charge < -0.3 is 4.55 Å². The Bertz CT molecular complexity index is 665. The van der Waals surface area contributed by atoms with E-state index in [-0.39, 0.29) is 4.75 Å². The lowest BCUT2D eigenvalue weighted by Gasteiger charge is -2.17. The smallest absolute Gasteiger partial charge is 0.144 e. The second-order valence-electron chi connectivity index (χ2n) is 5.61. The first-order chi connectivity index (χ1) is 9.29. The second kappa shape index (κ2) is 5.72. The third-order valence-corrected chi connectivity index (χ3v) is 4.49. The molecule has 1 aromatic carbocycles. The molecule has 5 heteroatoms. The minimum atomic E-state index is -1.30. The number of fused-ring (bicyclic) bond motifs is 1. The van der Waals surface area contributed by atoms with E-state index in [2.05, 4.69) is 9.38 Å². The van der Waals surface area contributed by atoms with E-state index in [0.29, 0.717) is 10.7 Å². The Morgan fingerprint density at radius 1 is 1.35 bits per heavy atom. The molecule has 0 saturated heterocycles. The Balaban J connectivity index is 2.41. The van der Waals surface area contributed by atoms with Crippen molar-refractivity contribution >= 4 is 40.1 Å². The highest BCUT2D eigenvalue weighted by atomic mass is 35.5. The van der Waals surface area contributed by atoms with Crippen LogP contribution in [0.5, 0.6) is 0 Å². The van der Waals surface area contributed by atoms with Crippen LogP contribution in [-0.4, -0.2) is 20.5 Å². The molecule has 0 bridgehead atoms. The van der Waals surface area contributed by atoms with Gasteiger partial charge in [0.1, 0.15) is 21.3 Å². The third kappa shape index (κ3) is 3.32. The van der Waals surface area contributed by atoms with Gasteiger partial charge in [-0.3, -0.25) is 0 Å². The summed E-state index contributed by atoms with van der Waals surface area (Å²) in [5.74, 6) is 0. The first-order valence-corrected chi connectivity index (χ1v) is 7.79. The molecule has 0 aliphatic rings. The molecular formula is C15H17ClN2OS. The van der Waals surface area contributed by atoms with Crippen LogP contribution in [0.15, 0.2) is 28.7 Å². The fourth-order valence-electron chi connectivity index (χ4n) is 1.69. The van der Waals surface area contributed by atoms with Gasteiger partial charge in [0.05, 0.1) is 11.7 Å². The van der Waals surface area contributed by atoms with Gasteiger partial charge in [0.25, 0.3) is 0 Å². The Kier molecular flexibility index (Phi) is 4.37. The molecule has 0 aliphatic carbocycles. The third-order valence-electron chi connectivity index (χ3n) is 2.84. The summed E-state index contributed by atoms with van der Waals surface area (Å²) in [6.45, 7) is 7.63. The molecule has 1 heterocycles. The normalized spacial score (nSPS) is 14.1. The molecule has 0 saturated carbocycles. The summed E-state index contributed by atoms with van der Waals surface area (Å²) in [4.78, 5) is 4.39. The fraction of sp³-hybridized carbons (Fsp3) is 0.333. The van der Waals surface area contributed by atoms with Gasteiger partial charge in [-0.2, -0.15) is 0 Å². The monoisotopic (exact) mass is 308 g/mol. The highest BCUT2D eigenvalue weighted by Crippen LogP contribution is 2.23. The van der Waals surface area contributed by atoms with Crippen molar-refractivity contribution in [3.05, 3.63) is 40.5 Å². The van der Waals surface area contributed by atoms with Crippen molar-refractivity contribution in [1.29, 1.82) is 0 Å². The van der Waals surface area contributed by atoms with Crippen molar-refractivity contribution in [1.82, 2.24) is 4.98 Å². The lowest BCUT2D eigenvalue weighted by molar-refractivity contribution is 0.562. The van der Waals surface area contributed by atoms with E-state index in [0.717, 1.165) is 16.5 Å². The number of hydrogen-bond donors (Lipinski definition) is 0. The Hall–Kier alpha value is -1.10. The van der Waals surface area contributed by atoms with Crippen molar-refractivity contribution < 1.29 is 4.55 Å². The van der Waals surface area contributed by atoms with Crippen LogP contribution < -0.4 is 0 Å². The number of nitrogens with zero attached hydrogens (tertiary/aromatic N) is 2. The minimum absolute atomic E-state index is 0.376. The lowest BCUT2D eigenvalue weighted by atomic mass is 10.1. The topological polar surface area (TPSA) is 48.3 Å². The van der Waals surface area contributed by atoms with Crippen LogP contribution in [0.25, 0.3) is 10.9 Å². The standard InChI is InChI=1S/C15H17ClN2OS/c1-10-6-5-7-11-8-12(14(16)18-13(10)11)9-17-20(19)15(2,3)4/h5-9H,1-4H3/b17-9+/t20-/m1/s1. The second-order valence-corrected chi connectivity index (χ2v) is 7.90.